The first-order valence-electron chi connectivity index (χ1n) is 6.38. The van der Waals surface area contributed by atoms with Crippen LogP contribution in [0.3, 0.4) is 0 Å². The van der Waals surface area contributed by atoms with Gasteiger partial charge >= 0.3 is 5.97 Å². The molecule has 0 aliphatic rings. The second-order valence-corrected chi connectivity index (χ2v) is 5.82. The summed E-state index contributed by atoms with van der Waals surface area (Å²) >= 11 is 2.24. The fourth-order valence-electron chi connectivity index (χ4n) is 2.24. The van der Waals surface area contributed by atoms with Crippen LogP contribution >= 0.6 is 22.6 Å². The van der Waals surface area contributed by atoms with Crippen molar-refractivity contribution in [1.82, 2.24) is 0 Å². The van der Waals surface area contributed by atoms with Crippen molar-refractivity contribution in [2.75, 3.05) is 5.32 Å². The molecule has 1 aromatic heterocycles. The number of fused-ring (bicyclic) bond motifs is 1. The average Bonchev–Trinajstić information content (AvgIpc) is 2.84. The normalized spacial score (nSPS) is 10.7. The van der Waals surface area contributed by atoms with Crippen LogP contribution in [-0.4, -0.2) is 11.1 Å². The van der Waals surface area contributed by atoms with Gasteiger partial charge in [-0.15, -0.1) is 0 Å². The van der Waals surface area contributed by atoms with Gasteiger partial charge in [0.15, 0.2) is 0 Å². The fourth-order valence-corrected chi connectivity index (χ4v) is 2.78. The van der Waals surface area contributed by atoms with E-state index in [4.69, 9.17) is 4.42 Å². The lowest BCUT2D eigenvalue weighted by atomic mass is 10.1. The van der Waals surface area contributed by atoms with E-state index < -0.39 is 5.97 Å². The zero-order chi connectivity index (χ0) is 14.8. The SMILES string of the molecule is O=C(O)c1oc2ccccc2c1CNc1cccc(I)c1. The van der Waals surface area contributed by atoms with Crippen molar-refractivity contribution < 1.29 is 14.3 Å². The maximum absolute atomic E-state index is 11.3. The quantitative estimate of drug-likeness (QED) is 0.648. The van der Waals surface area contributed by atoms with Crippen LogP contribution in [0.1, 0.15) is 16.1 Å². The maximum atomic E-state index is 11.3. The van der Waals surface area contributed by atoms with Gasteiger partial charge in [0.25, 0.3) is 0 Å². The van der Waals surface area contributed by atoms with Gasteiger partial charge in [-0.1, -0.05) is 24.3 Å². The number of hydrogen-bond donors (Lipinski definition) is 2. The van der Waals surface area contributed by atoms with Crippen LogP contribution in [0.5, 0.6) is 0 Å². The number of aromatic carboxylic acids is 1. The van der Waals surface area contributed by atoms with E-state index in [1.165, 1.54) is 0 Å². The molecule has 0 spiro atoms. The van der Waals surface area contributed by atoms with Crippen molar-refractivity contribution in [2.24, 2.45) is 0 Å². The van der Waals surface area contributed by atoms with Crippen LogP contribution in [0, 0.1) is 3.57 Å². The van der Waals surface area contributed by atoms with E-state index in [1.807, 2.05) is 42.5 Å². The molecule has 0 bridgehead atoms. The summed E-state index contributed by atoms with van der Waals surface area (Å²) < 4.78 is 6.55. The fraction of sp³-hybridized carbons (Fsp3) is 0.0625. The molecule has 3 aromatic rings. The molecule has 0 fully saturated rings. The van der Waals surface area contributed by atoms with Crippen molar-refractivity contribution in [1.29, 1.82) is 0 Å². The lowest BCUT2D eigenvalue weighted by molar-refractivity contribution is 0.0663. The molecule has 2 aromatic carbocycles. The zero-order valence-electron chi connectivity index (χ0n) is 11.0. The highest BCUT2D eigenvalue weighted by molar-refractivity contribution is 14.1. The molecule has 0 amide bonds. The number of halogens is 1. The predicted octanol–water partition coefficient (Wildman–Crippen LogP) is 4.35. The molecule has 2 N–H and O–H groups in total. The molecule has 5 heteroatoms. The van der Waals surface area contributed by atoms with Crippen LogP contribution in [0.4, 0.5) is 5.69 Å². The number of anilines is 1. The number of para-hydroxylation sites is 1. The Hall–Kier alpha value is -2.02. The summed E-state index contributed by atoms with van der Waals surface area (Å²) in [5, 5.41) is 13.4. The zero-order valence-corrected chi connectivity index (χ0v) is 13.1. The van der Waals surface area contributed by atoms with Gasteiger partial charge in [0.05, 0.1) is 0 Å². The lowest BCUT2D eigenvalue weighted by Crippen LogP contribution is -2.05. The van der Waals surface area contributed by atoms with Gasteiger partial charge in [0.2, 0.25) is 5.76 Å². The highest BCUT2D eigenvalue weighted by Crippen LogP contribution is 2.27. The molecule has 0 aliphatic heterocycles. The second kappa shape index (κ2) is 5.77. The van der Waals surface area contributed by atoms with E-state index in [2.05, 4.69) is 27.9 Å². The topological polar surface area (TPSA) is 62.5 Å². The molecule has 0 saturated heterocycles. The lowest BCUT2D eigenvalue weighted by Gasteiger charge is -2.06. The number of furan rings is 1. The van der Waals surface area contributed by atoms with Crippen molar-refractivity contribution in [3.63, 3.8) is 0 Å². The van der Waals surface area contributed by atoms with Crippen LogP contribution in [0.25, 0.3) is 11.0 Å². The third-order valence-electron chi connectivity index (χ3n) is 3.19. The molecular formula is C16H12INO3. The molecule has 0 radical (unpaired) electrons. The minimum absolute atomic E-state index is 0.00525. The summed E-state index contributed by atoms with van der Waals surface area (Å²) in [5.41, 5.74) is 2.20. The Morgan fingerprint density at radius 3 is 2.76 bits per heavy atom. The minimum atomic E-state index is -1.05. The molecule has 0 unspecified atom stereocenters. The monoisotopic (exact) mass is 393 g/mol. The molecule has 0 atom stereocenters. The molecule has 3 rings (SSSR count). The Morgan fingerprint density at radius 1 is 1.19 bits per heavy atom. The van der Waals surface area contributed by atoms with Crippen molar-refractivity contribution in [3.05, 3.63) is 63.4 Å². The van der Waals surface area contributed by atoms with Gasteiger partial charge < -0.3 is 14.8 Å². The molecule has 0 saturated carbocycles. The van der Waals surface area contributed by atoms with Gasteiger partial charge in [0, 0.05) is 26.8 Å². The van der Waals surface area contributed by atoms with E-state index >= 15 is 0 Å². The van der Waals surface area contributed by atoms with Crippen LogP contribution in [-0.2, 0) is 6.54 Å². The number of nitrogens with one attached hydrogen (secondary N) is 1. The average molecular weight is 393 g/mol. The molecule has 0 aliphatic carbocycles. The number of carbonyl (C=O) groups is 1. The molecule has 1 heterocycles. The Bertz CT molecular complexity index is 810. The van der Waals surface area contributed by atoms with E-state index in [9.17, 15) is 9.90 Å². The third-order valence-corrected chi connectivity index (χ3v) is 3.86. The number of hydrogen-bond acceptors (Lipinski definition) is 3. The first kappa shape index (κ1) is 13.9. The first-order chi connectivity index (χ1) is 10.1. The Morgan fingerprint density at radius 2 is 2.00 bits per heavy atom. The summed E-state index contributed by atoms with van der Waals surface area (Å²) in [6.45, 7) is 0.402. The van der Waals surface area contributed by atoms with Gasteiger partial charge in [-0.2, -0.15) is 0 Å². The van der Waals surface area contributed by atoms with Crippen molar-refractivity contribution in [3.8, 4) is 0 Å². The van der Waals surface area contributed by atoms with Crippen molar-refractivity contribution >= 4 is 45.2 Å². The second-order valence-electron chi connectivity index (χ2n) is 4.57. The standard InChI is InChI=1S/C16H12INO3/c17-10-4-3-5-11(8-10)18-9-13-12-6-1-2-7-14(12)21-15(13)16(19)20/h1-8,18H,9H2,(H,19,20). The molecule has 4 nitrogen and oxygen atoms in total. The predicted molar refractivity (Wildman–Crippen MR) is 89.7 cm³/mol. The van der Waals surface area contributed by atoms with Crippen molar-refractivity contribution in [2.45, 2.75) is 6.54 Å². The molecule has 21 heavy (non-hydrogen) atoms. The molecular weight excluding hydrogens is 381 g/mol. The summed E-state index contributed by atoms with van der Waals surface area (Å²) in [5.74, 6) is -1.06. The summed E-state index contributed by atoms with van der Waals surface area (Å²) in [6, 6.07) is 15.3. The summed E-state index contributed by atoms with van der Waals surface area (Å²) in [4.78, 5) is 11.3. The number of carboxylic acids is 1. The van der Waals surface area contributed by atoms with E-state index in [0.29, 0.717) is 17.7 Å². The summed E-state index contributed by atoms with van der Waals surface area (Å²) in [6.07, 6.45) is 0. The number of carboxylic acid groups (broad SMARTS) is 1. The minimum Gasteiger partial charge on any atom is -0.475 e. The van der Waals surface area contributed by atoms with Crippen LogP contribution in [0.15, 0.2) is 52.9 Å². The molecule has 106 valence electrons. The van der Waals surface area contributed by atoms with E-state index in [0.717, 1.165) is 14.6 Å². The Labute approximate surface area is 134 Å². The third kappa shape index (κ3) is 2.87. The van der Waals surface area contributed by atoms with Gasteiger partial charge in [0.1, 0.15) is 5.58 Å². The number of rotatable bonds is 4. The number of benzene rings is 2. The highest BCUT2D eigenvalue weighted by atomic mass is 127. The van der Waals surface area contributed by atoms with Crippen LogP contribution < -0.4 is 5.32 Å². The largest absolute Gasteiger partial charge is 0.475 e. The van der Waals surface area contributed by atoms with E-state index in [1.54, 1.807) is 6.07 Å². The van der Waals surface area contributed by atoms with Gasteiger partial charge in [-0.3, -0.25) is 0 Å². The first-order valence-corrected chi connectivity index (χ1v) is 7.46. The van der Waals surface area contributed by atoms with Gasteiger partial charge in [-0.05, 0) is 46.9 Å². The Balaban J connectivity index is 1.95. The maximum Gasteiger partial charge on any atom is 0.372 e. The van der Waals surface area contributed by atoms with Crippen LogP contribution in [0.2, 0.25) is 0 Å². The highest BCUT2D eigenvalue weighted by Gasteiger charge is 2.19. The smallest absolute Gasteiger partial charge is 0.372 e. The summed E-state index contributed by atoms with van der Waals surface area (Å²) in [7, 11) is 0. The van der Waals surface area contributed by atoms with Gasteiger partial charge in [-0.25, -0.2) is 4.79 Å². The van der Waals surface area contributed by atoms with E-state index in [-0.39, 0.29) is 5.76 Å². The Kier molecular flexibility index (Phi) is 3.83.